The topological polar surface area (TPSA) is 46.2 Å². The van der Waals surface area contributed by atoms with E-state index in [1.54, 1.807) is 14.2 Å². The maximum atomic E-state index is 6.94. The summed E-state index contributed by atoms with van der Waals surface area (Å²) in [7, 11) is 8.92. The van der Waals surface area contributed by atoms with Gasteiger partial charge in [0, 0.05) is 14.2 Å². The van der Waals surface area contributed by atoms with Gasteiger partial charge >= 0.3 is 0 Å². The van der Waals surface area contributed by atoms with Gasteiger partial charge in [-0.3, -0.25) is 0 Å². The summed E-state index contributed by atoms with van der Waals surface area (Å²) < 4.78 is 30.0. The summed E-state index contributed by atoms with van der Waals surface area (Å²) in [6.07, 6.45) is 0.276. The number of benzene rings is 3. The third-order valence-electron chi connectivity index (χ3n) is 6.21. The van der Waals surface area contributed by atoms with Crippen molar-refractivity contribution in [3.8, 4) is 11.5 Å². The maximum Gasteiger partial charge on any atom is 0.143 e. The molecule has 1 saturated heterocycles. The minimum Gasteiger partial charge on any atom is -0.497 e. The molecule has 0 aliphatic carbocycles. The summed E-state index contributed by atoms with van der Waals surface area (Å²) in [5.74, 6) is 1.56. The number of hydrogen-bond acceptors (Lipinski definition) is 5. The molecule has 35 heavy (non-hydrogen) atoms. The SMILES string of the molecule is [B]C1CC(OP(C)C)C(COC(c2ccccc2)(c2ccc(OC)cc2)c2ccc(OC)cc2)O1. The Balaban J connectivity index is 1.80. The number of hydrogen-bond donors (Lipinski definition) is 0. The normalized spacial score (nSPS) is 20.2. The Morgan fingerprint density at radius 1 is 0.829 bits per heavy atom. The number of methoxy groups -OCH3 is 2. The van der Waals surface area contributed by atoms with Crippen LogP contribution in [0.4, 0.5) is 0 Å². The molecular formula is C28H32BO5P. The molecule has 0 spiro atoms. The molecule has 1 aliphatic rings. The van der Waals surface area contributed by atoms with E-state index in [-0.39, 0.29) is 18.2 Å². The number of ether oxygens (including phenoxy) is 4. The van der Waals surface area contributed by atoms with E-state index in [0.717, 1.165) is 28.2 Å². The molecule has 3 aromatic rings. The molecule has 0 saturated carbocycles. The standard InChI is InChI=1S/C28H32BO5P/c1-30-23-14-10-21(11-15-23)28(20-8-6-5-7-9-20,22-12-16-24(31-2)17-13-22)32-19-26-25(34-35(3)4)18-27(29)33-26/h5-17,25-27H,18-19H2,1-4H3. The zero-order chi connectivity index (χ0) is 24.8. The van der Waals surface area contributed by atoms with Gasteiger partial charge in [0.2, 0.25) is 0 Å². The fourth-order valence-corrected chi connectivity index (χ4v) is 5.32. The Morgan fingerprint density at radius 3 is 1.83 bits per heavy atom. The third-order valence-corrected chi connectivity index (χ3v) is 6.91. The molecule has 3 unspecified atom stereocenters. The van der Waals surface area contributed by atoms with Gasteiger partial charge in [-0.25, -0.2) is 0 Å². The van der Waals surface area contributed by atoms with Crippen molar-refractivity contribution in [3.63, 3.8) is 0 Å². The van der Waals surface area contributed by atoms with Crippen molar-refractivity contribution in [1.82, 2.24) is 0 Å². The first kappa shape index (κ1) is 25.7. The van der Waals surface area contributed by atoms with Crippen molar-refractivity contribution >= 4 is 16.0 Å². The van der Waals surface area contributed by atoms with Gasteiger partial charge in [-0.05, 0) is 60.7 Å². The molecule has 7 heteroatoms. The lowest BCUT2D eigenvalue weighted by atomic mass is 9.80. The molecule has 2 radical (unpaired) electrons. The molecule has 3 aromatic carbocycles. The fourth-order valence-electron chi connectivity index (χ4n) is 4.56. The van der Waals surface area contributed by atoms with Crippen LogP contribution in [-0.4, -0.2) is 60.2 Å². The predicted molar refractivity (Wildman–Crippen MR) is 141 cm³/mol. The van der Waals surface area contributed by atoms with Gasteiger partial charge < -0.3 is 23.5 Å². The molecule has 3 atom stereocenters. The molecule has 1 heterocycles. The molecule has 1 fully saturated rings. The monoisotopic (exact) mass is 490 g/mol. The molecule has 4 rings (SSSR count). The van der Waals surface area contributed by atoms with Crippen LogP contribution in [0.3, 0.4) is 0 Å². The van der Waals surface area contributed by atoms with Gasteiger partial charge in [-0.1, -0.05) is 54.6 Å². The molecule has 182 valence electrons. The van der Waals surface area contributed by atoms with Crippen molar-refractivity contribution in [2.75, 3.05) is 34.2 Å². The molecule has 0 amide bonds. The first-order valence-corrected chi connectivity index (χ1v) is 13.9. The molecule has 0 bridgehead atoms. The van der Waals surface area contributed by atoms with Gasteiger partial charge in [0.05, 0.1) is 26.9 Å². The zero-order valence-electron chi connectivity index (χ0n) is 20.7. The molecule has 0 aromatic heterocycles. The van der Waals surface area contributed by atoms with E-state index in [0.29, 0.717) is 13.0 Å². The average molecular weight is 490 g/mol. The number of rotatable bonds is 10. The molecule has 1 aliphatic heterocycles. The minimum atomic E-state index is -0.899. The highest BCUT2D eigenvalue weighted by Crippen LogP contribution is 2.43. The Labute approximate surface area is 210 Å². The van der Waals surface area contributed by atoms with Crippen molar-refractivity contribution in [3.05, 3.63) is 95.6 Å². The minimum absolute atomic E-state index is 0.105. The summed E-state index contributed by atoms with van der Waals surface area (Å²) in [6.45, 7) is 4.48. The molecular weight excluding hydrogens is 458 g/mol. The largest absolute Gasteiger partial charge is 0.497 e. The fraction of sp³-hybridized carbons (Fsp3) is 0.357. The Bertz CT molecular complexity index is 1010. The van der Waals surface area contributed by atoms with Gasteiger partial charge in [-0.15, -0.1) is 0 Å². The summed E-state index contributed by atoms with van der Waals surface area (Å²) in [6, 6.07) is 25.8. The summed E-state index contributed by atoms with van der Waals surface area (Å²) in [5.41, 5.74) is 2.05. The lowest BCUT2D eigenvalue weighted by Gasteiger charge is -2.37. The Kier molecular flexibility index (Phi) is 8.51. The van der Waals surface area contributed by atoms with E-state index in [9.17, 15) is 0 Å². The van der Waals surface area contributed by atoms with E-state index in [1.165, 1.54) is 0 Å². The van der Waals surface area contributed by atoms with Crippen LogP contribution >= 0.6 is 8.15 Å². The van der Waals surface area contributed by atoms with Crippen molar-refractivity contribution in [2.45, 2.75) is 30.2 Å². The Hall–Kier alpha value is -2.37. The second-order valence-electron chi connectivity index (χ2n) is 8.72. The van der Waals surface area contributed by atoms with Crippen LogP contribution in [0.1, 0.15) is 23.1 Å². The first-order valence-electron chi connectivity index (χ1n) is 11.7. The van der Waals surface area contributed by atoms with E-state index < -0.39 is 13.7 Å². The van der Waals surface area contributed by atoms with Crippen molar-refractivity contribution < 1.29 is 23.5 Å². The van der Waals surface area contributed by atoms with Crippen molar-refractivity contribution in [1.29, 1.82) is 0 Å². The predicted octanol–water partition coefficient (Wildman–Crippen LogP) is 5.34. The first-order chi connectivity index (χ1) is 17.0. The average Bonchev–Trinajstić information content (AvgIpc) is 3.23. The highest BCUT2D eigenvalue weighted by Gasteiger charge is 2.41. The van der Waals surface area contributed by atoms with Crippen LogP contribution < -0.4 is 9.47 Å². The van der Waals surface area contributed by atoms with Crippen LogP contribution in [0.15, 0.2) is 78.9 Å². The highest BCUT2D eigenvalue weighted by molar-refractivity contribution is 7.50. The van der Waals surface area contributed by atoms with E-state index in [4.69, 9.17) is 31.3 Å². The van der Waals surface area contributed by atoms with Crippen LogP contribution in [0.5, 0.6) is 11.5 Å². The summed E-state index contributed by atoms with van der Waals surface area (Å²) >= 11 is 0. The van der Waals surface area contributed by atoms with E-state index in [1.807, 2.05) is 66.7 Å². The smallest absolute Gasteiger partial charge is 0.143 e. The lowest BCUT2D eigenvalue weighted by molar-refractivity contribution is -0.0687. The molecule has 5 nitrogen and oxygen atoms in total. The van der Waals surface area contributed by atoms with Gasteiger partial charge in [0.25, 0.3) is 0 Å². The van der Waals surface area contributed by atoms with Crippen LogP contribution in [0, 0.1) is 0 Å². The van der Waals surface area contributed by atoms with Gasteiger partial charge in [0.15, 0.2) is 0 Å². The van der Waals surface area contributed by atoms with Crippen LogP contribution in [0.2, 0.25) is 0 Å². The van der Waals surface area contributed by atoms with E-state index in [2.05, 4.69) is 25.5 Å². The quantitative estimate of drug-likeness (QED) is 0.218. The van der Waals surface area contributed by atoms with Gasteiger partial charge in [0.1, 0.15) is 31.1 Å². The van der Waals surface area contributed by atoms with Crippen LogP contribution in [-0.2, 0) is 19.6 Å². The summed E-state index contributed by atoms with van der Waals surface area (Å²) in [4.78, 5) is 0. The Morgan fingerprint density at radius 2 is 1.34 bits per heavy atom. The second kappa shape index (κ2) is 11.6. The van der Waals surface area contributed by atoms with Gasteiger partial charge in [-0.2, -0.15) is 0 Å². The molecule has 0 N–H and O–H groups in total. The summed E-state index contributed by atoms with van der Waals surface area (Å²) in [5, 5.41) is 0. The van der Waals surface area contributed by atoms with Crippen LogP contribution in [0.25, 0.3) is 0 Å². The zero-order valence-corrected chi connectivity index (χ0v) is 21.6. The third kappa shape index (κ3) is 5.73. The second-order valence-corrected chi connectivity index (χ2v) is 10.6. The maximum absolute atomic E-state index is 6.94. The van der Waals surface area contributed by atoms with Crippen molar-refractivity contribution in [2.24, 2.45) is 0 Å². The highest BCUT2D eigenvalue weighted by atomic mass is 31.1. The van der Waals surface area contributed by atoms with E-state index >= 15 is 0 Å². The lowest BCUT2D eigenvalue weighted by Crippen LogP contribution is -2.38.